The molecule has 1 aliphatic heterocycles. The molecule has 1 aliphatic rings. The molecule has 0 radical (unpaired) electrons. The van der Waals surface area contributed by atoms with E-state index in [1.165, 1.54) is 6.08 Å². The van der Waals surface area contributed by atoms with Gasteiger partial charge in [-0.2, -0.15) is 0 Å². The van der Waals surface area contributed by atoms with Crippen molar-refractivity contribution >= 4 is 5.97 Å². The average molecular weight is 255 g/mol. The molecule has 0 aromatic rings. The Hall–Kier alpha value is -1.03. The predicted octanol–water partition coefficient (Wildman–Crippen LogP) is 2.64. The minimum atomic E-state index is -0.993. The lowest BCUT2D eigenvalue weighted by Crippen LogP contribution is -2.60. The second-order valence-corrected chi connectivity index (χ2v) is 6.29. The Morgan fingerprint density at radius 3 is 2.06 bits per heavy atom. The second-order valence-electron chi connectivity index (χ2n) is 6.29. The molecule has 0 aromatic heterocycles. The van der Waals surface area contributed by atoms with Gasteiger partial charge in [0.15, 0.2) is 5.76 Å². The van der Waals surface area contributed by atoms with Crippen molar-refractivity contribution in [3.63, 3.8) is 0 Å². The molecule has 1 fully saturated rings. The molecule has 4 nitrogen and oxygen atoms in total. The van der Waals surface area contributed by atoms with Crippen molar-refractivity contribution in [2.75, 3.05) is 7.05 Å². The van der Waals surface area contributed by atoms with Gasteiger partial charge in [0.05, 0.1) is 0 Å². The maximum absolute atomic E-state index is 11.0. The van der Waals surface area contributed by atoms with Crippen LogP contribution < -0.4 is 0 Å². The van der Waals surface area contributed by atoms with Crippen molar-refractivity contribution < 1.29 is 14.6 Å². The van der Waals surface area contributed by atoms with Crippen LogP contribution >= 0.6 is 0 Å². The molecule has 0 aromatic carbocycles. The maximum Gasteiger partial charge on any atom is 0.370 e. The molecule has 0 bridgehead atoms. The molecule has 18 heavy (non-hydrogen) atoms. The first kappa shape index (κ1) is 15.0. The zero-order valence-electron chi connectivity index (χ0n) is 12.3. The number of likely N-dealkylation sites (tertiary alicyclic amines) is 1. The normalized spacial score (nSPS) is 24.9. The topological polar surface area (TPSA) is 49.8 Å². The van der Waals surface area contributed by atoms with Crippen LogP contribution in [0, 0.1) is 0 Å². The molecule has 0 aliphatic carbocycles. The van der Waals surface area contributed by atoms with Crippen LogP contribution in [0.15, 0.2) is 11.8 Å². The Bertz CT molecular complexity index is 340. The fourth-order valence-corrected chi connectivity index (χ4v) is 2.78. The van der Waals surface area contributed by atoms with Crippen molar-refractivity contribution in [3.05, 3.63) is 11.8 Å². The number of carboxylic acid groups (broad SMARTS) is 1. The standard InChI is InChI=1S/C14H25NO3/c1-7-11(12(16)17)18-10-8-13(2,3)15(6)14(4,5)9-10/h7,10H,8-9H2,1-6H3,(H,16,17)/b11-7-. The summed E-state index contributed by atoms with van der Waals surface area (Å²) < 4.78 is 5.66. The van der Waals surface area contributed by atoms with Crippen molar-refractivity contribution in [2.45, 2.75) is 64.6 Å². The number of hydrogen-bond donors (Lipinski definition) is 1. The molecule has 1 rings (SSSR count). The third-order valence-corrected chi connectivity index (χ3v) is 4.04. The zero-order chi connectivity index (χ0) is 14.1. The summed E-state index contributed by atoms with van der Waals surface area (Å²) >= 11 is 0. The zero-order valence-corrected chi connectivity index (χ0v) is 12.3. The smallest absolute Gasteiger partial charge is 0.370 e. The highest BCUT2D eigenvalue weighted by Crippen LogP contribution is 2.38. The fraction of sp³-hybridized carbons (Fsp3) is 0.786. The van der Waals surface area contributed by atoms with E-state index in [0.29, 0.717) is 0 Å². The molecule has 1 heterocycles. The number of hydrogen-bond acceptors (Lipinski definition) is 3. The summed E-state index contributed by atoms with van der Waals surface area (Å²) in [6.45, 7) is 10.4. The minimum absolute atomic E-state index is 0.00374. The predicted molar refractivity (Wildman–Crippen MR) is 71.4 cm³/mol. The van der Waals surface area contributed by atoms with E-state index in [2.05, 4.69) is 39.6 Å². The number of carbonyl (C=O) groups is 1. The first-order valence-corrected chi connectivity index (χ1v) is 6.40. The molecule has 0 saturated carbocycles. The third kappa shape index (κ3) is 3.05. The second kappa shape index (κ2) is 4.92. The van der Waals surface area contributed by atoms with Crippen molar-refractivity contribution in [1.29, 1.82) is 0 Å². The van der Waals surface area contributed by atoms with Crippen LogP contribution in [0.3, 0.4) is 0 Å². The van der Waals surface area contributed by atoms with Crippen LogP contribution in [0.1, 0.15) is 47.5 Å². The quantitative estimate of drug-likeness (QED) is 0.622. The molecular formula is C14H25NO3. The number of carboxylic acids is 1. The SMILES string of the molecule is C/C=C(\OC1CC(C)(C)N(C)C(C)(C)C1)C(=O)O. The summed E-state index contributed by atoms with van der Waals surface area (Å²) in [5.74, 6) is -0.941. The first-order chi connectivity index (χ1) is 8.10. The van der Waals surface area contributed by atoms with E-state index < -0.39 is 5.97 Å². The number of aliphatic carboxylic acids is 1. The maximum atomic E-state index is 11.0. The Morgan fingerprint density at radius 1 is 1.28 bits per heavy atom. The van der Waals surface area contributed by atoms with Crippen LogP contribution in [0.2, 0.25) is 0 Å². The van der Waals surface area contributed by atoms with Gasteiger partial charge in [-0.25, -0.2) is 4.79 Å². The third-order valence-electron chi connectivity index (χ3n) is 4.04. The Morgan fingerprint density at radius 2 is 1.72 bits per heavy atom. The molecule has 0 amide bonds. The molecule has 1 N–H and O–H groups in total. The van der Waals surface area contributed by atoms with Gasteiger partial charge < -0.3 is 9.84 Å². The van der Waals surface area contributed by atoms with Crippen LogP contribution in [-0.4, -0.2) is 40.2 Å². The van der Waals surface area contributed by atoms with Gasteiger partial charge in [-0.15, -0.1) is 0 Å². The highest BCUT2D eigenvalue weighted by Gasteiger charge is 2.44. The van der Waals surface area contributed by atoms with Crippen LogP contribution in [0.4, 0.5) is 0 Å². The fourth-order valence-electron chi connectivity index (χ4n) is 2.78. The summed E-state index contributed by atoms with van der Waals surface area (Å²) in [6.07, 6.45) is 3.13. The summed E-state index contributed by atoms with van der Waals surface area (Å²) in [4.78, 5) is 13.3. The largest absolute Gasteiger partial charge is 0.483 e. The molecule has 4 heteroatoms. The lowest BCUT2D eigenvalue weighted by molar-refractivity contribution is -0.141. The van der Waals surface area contributed by atoms with Gasteiger partial charge in [0.1, 0.15) is 6.10 Å². The Labute approximate surface area is 110 Å². The van der Waals surface area contributed by atoms with Crippen molar-refractivity contribution in [1.82, 2.24) is 4.90 Å². The van der Waals surface area contributed by atoms with E-state index in [0.717, 1.165) is 12.8 Å². The summed E-state index contributed by atoms with van der Waals surface area (Å²) in [6, 6.07) is 0. The molecule has 0 atom stereocenters. The average Bonchev–Trinajstić information content (AvgIpc) is 2.21. The number of allylic oxidation sites excluding steroid dienone is 1. The minimum Gasteiger partial charge on any atom is -0.483 e. The van der Waals surface area contributed by atoms with Gasteiger partial charge in [0.2, 0.25) is 0 Å². The van der Waals surface area contributed by atoms with Crippen LogP contribution in [0.5, 0.6) is 0 Å². The number of piperidine rings is 1. The number of ether oxygens (including phenoxy) is 1. The van der Waals surface area contributed by atoms with E-state index in [-0.39, 0.29) is 22.9 Å². The molecule has 0 unspecified atom stereocenters. The van der Waals surface area contributed by atoms with Gasteiger partial charge in [0.25, 0.3) is 0 Å². The van der Waals surface area contributed by atoms with Gasteiger partial charge >= 0.3 is 5.97 Å². The lowest BCUT2D eigenvalue weighted by atomic mass is 9.79. The Kier molecular flexibility index (Phi) is 4.11. The van der Waals surface area contributed by atoms with Gasteiger partial charge in [0, 0.05) is 23.9 Å². The molecule has 104 valence electrons. The Balaban J connectivity index is 2.84. The monoisotopic (exact) mass is 255 g/mol. The summed E-state index contributed by atoms with van der Waals surface area (Å²) in [5.41, 5.74) is 0.00748. The van der Waals surface area contributed by atoms with Gasteiger partial charge in [-0.05, 0) is 47.7 Å². The molecule has 1 saturated heterocycles. The van der Waals surface area contributed by atoms with Gasteiger partial charge in [-0.1, -0.05) is 0 Å². The summed E-state index contributed by atoms with van der Waals surface area (Å²) in [5, 5.41) is 9.01. The van der Waals surface area contributed by atoms with E-state index in [1.54, 1.807) is 6.92 Å². The lowest BCUT2D eigenvalue weighted by Gasteiger charge is -2.53. The van der Waals surface area contributed by atoms with E-state index in [9.17, 15) is 4.79 Å². The van der Waals surface area contributed by atoms with Crippen LogP contribution in [0.25, 0.3) is 0 Å². The summed E-state index contributed by atoms with van der Waals surface area (Å²) in [7, 11) is 2.12. The molecular weight excluding hydrogens is 230 g/mol. The van der Waals surface area contributed by atoms with Crippen molar-refractivity contribution in [2.24, 2.45) is 0 Å². The number of rotatable bonds is 3. The highest BCUT2D eigenvalue weighted by atomic mass is 16.5. The van der Waals surface area contributed by atoms with E-state index >= 15 is 0 Å². The molecule has 0 spiro atoms. The highest BCUT2D eigenvalue weighted by molar-refractivity contribution is 5.84. The number of nitrogens with zero attached hydrogens (tertiary/aromatic N) is 1. The van der Waals surface area contributed by atoms with Gasteiger partial charge in [-0.3, -0.25) is 4.90 Å². The van der Waals surface area contributed by atoms with Crippen LogP contribution in [-0.2, 0) is 9.53 Å². The van der Waals surface area contributed by atoms with E-state index in [1.807, 2.05) is 0 Å². The van der Waals surface area contributed by atoms with Crippen molar-refractivity contribution in [3.8, 4) is 0 Å². The first-order valence-electron chi connectivity index (χ1n) is 6.40. The van der Waals surface area contributed by atoms with E-state index in [4.69, 9.17) is 9.84 Å².